The second-order valence-electron chi connectivity index (χ2n) is 6.47. The van der Waals surface area contributed by atoms with Crippen LogP contribution in [0.4, 0.5) is 5.69 Å². The van der Waals surface area contributed by atoms with Gasteiger partial charge >= 0.3 is 0 Å². The Morgan fingerprint density at radius 2 is 1.54 bits per heavy atom. The third-order valence-electron chi connectivity index (χ3n) is 4.18. The second-order valence-corrected chi connectivity index (χ2v) is 8.06. The minimum absolute atomic E-state index is 0.167. The largest absolute Gasteiger partial charge is 0.497 e. The van der Waals surface area contributed by atoms with Crippen molar-refractivity contribution >= 4 is 34.8 Å². The molecule has 0 aliphatic carbocycles. The maximum atomic E-state index is 13.2. The fourth-order valence-electron chi connectivity index (χ4n) is 2.96. The molecule has 1 aliphatic heterocycles. The van der Waals surface area contributed by atoms with E-state index < -0.39 is 0 Å². The molecule has 0 saturated carbocycles. The average Bonchev–Trinajstić information content (AvgIpc) is 2.92. The van der Waals surface area contributed by atoms with Crippen LogP contribution in [0.2, 0.25) is 0 Å². The zero-order valence-corrected chi connectivity index (χ0v) is 17.2. The molecule has 0 fully saturated rings. The quantitative estimate of drug-likeness (QED) is 0.643. The van der Waals surface area contributed by atoms with E-state index in [-0.39, 0.29) is 17.1 Å². The topological polar surface area (TPSA) is 55.8 Å². The normalized spacial score (nSPS) is 14.2. The van der Waals surface area contributed by atoms with Gasteiger partial charge in [0.25, 0.3) is 11.8 Å². The van der Waals surface area contributed by atoms with Gasteiger partial charge in [0.15, 0.2) is 0 Å². The van der Waals surface area contributed by atoms with Gasteiger partial charge in [-0.3, -0.25) is 9.59 Å². The molecule has 0 N–H and O–H groups in total. The lowest BCUT2D eigenvalue weighted by molar-refractivity contribution is -0.119. The van der Waals surface area contributed by atoms with E-state index in [0.29, 0.717) is 34.1 Å². The van der Waals surface area contributed by atoms with Gasteiger partial charge in [0, 0.05) is 5.25 Å². The van der Waals surface area contributed by atoms with Crippen molar-refractivity contribution < 1.29 is 19.1 Å². The number of nitrogens with zero attached hydrogens (tertiary/aromatic N) is 1. The summed E-state index contributed by atoms with van der Waals surface area (Å²) in [6, 6.07) is 14.2. The molecular weight excluding hydrogens is 374 g/mol. The number of carbonyl (C=O) groups excluding carboxylic acids is 2. The maximum absolute atomic E-state index is 13.2. The zero-order chi connectivity index (χ0) is 20.3. The van der Waals surface area contributed by atoms with Crippen LogP contribution in [0.5, 0.6) is 11.5 Å². The van der Waals surface area contributed by atoms with Crippen molar-refractivity contribution in [1.82, 2.24) is 0 Å². The Hall–Kier alpha value is -2.73. The highest BCUT2D eigenvalue weighted by molar-refractivity contribution is 8.04. The van der Waals surface area contributed by atoms with Crippen molar-refractivity contribution in [3.8, 4) is 11.5 Å². The minimum atomic E-state index is -0.317. The molecule has 2 amide bonds. The van der Waals surface area contributed by atoms with Crippen LogP contribution in [0.25, 0.3) is 5.57 Å². The van der Waals surface area contributed by atoms with Gasteiger partial charge in [0.2, 0.25) is 0 Å². The Morgan fingerprint density at radius 1 is 0.929 bits per heavy atom. The summed E-state index contributed by atoms with van der Waals surface area (Å²) in [5.41, 5.74) is 1.67. The number of imide groups is 1. The lowest BCUT2D eigenvalue weighted by atomic mass is 10.1. The number of carbonyl (C=O) groups is 2. The van der Waals surface area contributed by atoms with Gasteiger partial charge in [-0.05, 0) is 48.9 Å². The molecule has 6 heteroatoms. The smallest absolute Gasteiger partial charge is 0.272 e. The molecular formula is C22H23NO4S. The Balaban J connectivity index is 2.01. The van der Waals surface area contributed by atoms with Crippen LogP contribution in [-0.2, 0) is 9.59 Å². The zero-order valence-electron chi connectivity index (χ0n) is 16.4. The first-order valence-electron chi connectivity index (χ1n) is 9.13. The number of hydrogen-bond acceptors (Lipinski definition) is 5. The van der Waals surface area contributed by atoms with Gasteiger partial charge in [0.05, 0.1) is 29.9 Å². The Labute approximate surface area is 169 Å². The molecule has 0 spiro atoms. The first-order valence-corrected chi connectivity index (χ1v) is 10.0. The van der Waals surface area contributed by atoms with Crippen molar-refractivity contribution in [2.75, 3.05) is 18.6 Å². The van der Waals surface area contributed by atoms with Crippen LogP contribution < -0.4 is 14.4 Å². The van der Waals surface area contributed by atoms with E-state index in [1.54, 1.807) is 31.4 Å². The van der Waals surface area contributed by atoms with Gasteiger partial charge in [-0.1, -0.05) is 26.0 Å². The van der Waals surface area contributed by atoms with Gasteiger partial charge < -0.3 is 9.47 Å². The number of amides is 2. The fourth-order valence-corrected chi connectivity index (χ4v) is 3.95. The van der Waals surface area contributed by atoms with E-state index in [1.807, 2.05) is 45.0 Å². The van der Waals surface area contributed by atoms with E-state index >= 15 is 0 Å². The molecule has 1 aliphatic rings. The Bertz CT molecular complexity index is 901. The molecule has 28 heavy (non-hydrogen) atoms. The second kappa shape index (κ2) is 8.52. The molecule has 0 radical (unpaired) electrons. The molecule has 0 saturated heterocycles. The average molecular weight is 397 g/mol. The summed E-state index contributed by atoms with van der Waals surface area (Å²) in [6.07, 6.45) is 0. The van der Waals surface area contributed by atoms with E-state index in [1.165, 1.54) is 16.7 Å². The lowest BCUT2D eigenvalue weighted by Crippen LogP contribution is -2.31. The van der Waals surface area contributed by atoms with Crippen LogP contribution in [-0.4, -0.2) is 30.8 Å². The monoisotopic (exact) mass is 397 g/mol. The van der Waals surface area contributed by atoms with Gasteiger partial charge in [-0.2, -0.15) is 0 Å². The molecule has 3 rings (SSSR count). The predicted octanol–water partition coefficient (Wildman–Crippen LogP) is 4.52. The summed E-state index contributed by atoms with van der Waals surface area (Å²) in [7, 11) is 1.57. The summed E-state index contributed by atoms with van der Waals surface area (Å²) in [6.45, 7) is 6.49. The number of benzene rings is 2. The molecule has 0 atom stereocenters. The number of hydrogen-bond donors (Lipinski definition) is 0. The first-order chi connectivity index (χ1) is 13.5. The van der Waals surface area contributed by atoms with Gasteiger partial charge in [-0.25, -0.2) is 4.90 Å². The number of methoxy groups -OCH3 is 1. The molecule has 0 bridgehead atoms. The maximum Gasteiger partial charge on any atom is 0.272 e. The van der Waals surface area contributed by atoms with Crippen molar-refractivity contribution in [3.05, 3.63) is 59.0 Å². The molecule has 2 aromatic carbocycles. The SMILES string of the molecule is CCOc1ccc(C2=C(SC(C)C)C(=O)N(c3ccc(OC)cc3)C2=O)cc1. The molecule has 0 unspecified atom stereocenters. The summed E-state index contributed by atoms with van der Waals surface area (Å²) in [5.74, 6) is 0.785. The number of rotatable bonds is 7. The summed E-state index contributed by atoms with van der Waals surface area (Å²) >= 11 is 1.41. The van der Waals surface area contributed by atoms with Crippen LogP contribution in [0.1, 0.15) is 26.3 Å². The first kappa shape index (κ1) is 20.0. The highest BCUT2D eigenvalue weighted by atomic mass is 32.2. The van der Waals surface area contributed by atoms with Crippen LogP contribution in [0.3, 0.4) is 0 Å². The molecule has 2 aromatic rings. The number of anilines is 1. The van der Waals surface area contributed by atoms with Crippen molar-refractivity contribution in [3.63, 3.8) is 0 Å². The molecule has 0 aromatic heterocycles. The standard InChI is InChI=1S/C22H23NO4S/c1-5-27-18-10-6-15(7-11-18)19-20(28-14(2)3)22(25)23(21(19)24)16-8-12-17(26-4)13-9-16/h6-14H,5H2,1-4H3. The highest BCUT2D eigenvalue weighted by Gasteiger charge is 2.40. The third kappa shape index (κ3) is 3.92. The summed E-state index contributed by atoms with van der Waals surface area (Å²) < 4.78 is 10.6. The van der Waals surface area contributed by atoms with Gasteiger partial charge in [-0.15, -0.1) is 11.8 Å². The van der Waals surface area contributed by atoms with E-state index in [0.717, 1.165) is 5.75 Å². The molecule has 1 heterocycles. The summed E-state index contributed by atoms with van der Waals surface area (Å²) in [5, 5.41) is 0.167. The minimum Gasteiger partial charge on any atom is -0.497 e. The van der Waals surface area contributed by atoms with Crippen LogP contribution in [0, 0.1) is 0 Å². The molecule has 146 valence electrons. The van der Waals surface area contributed by atoms with Crippen LogP contribution in [0.15, 0.2) is 53.4 Å². The Morgan fingerprint density at radius 3 is 2.07 bits per heavy atom. The van der Waals surface area contributed by atoms with Crippen molar-refractivity contribution in [2.45, 2.75) is 26.0 Å². The van der Waals surface area contributed by atoms with E-state index in [4.69, 9.17) is 9.47 Å². The van der Waals surface area contributed by atoms with Crippen molar-refractivity contribution in [1.29, 1.82) is 0 Å². The third-order valence-corrected chi connectivity index (χ3v) is 5.27. The summed E-state index contributed by atoms with van der Waals surface area (Å²) in [4.78, 5) is 28.1. The lowest BCUT2D eigenvalue weighted by Gasteiger charge is -2.16. The van der Waals surface area contributed by atoms with Gasteiger partial charge in [0.1, 0.15) is 11.5 Å². The van der Waals surface area contributed by atoms with E-state index in [9.17, 15) is 9.59 Å². The number of thioether (sulfide) groups is 1. The Kier molecular flexibility index (Phi) is 6.09. The van der Waals surface area contributed by atoms with E-state index in [2.05, 4.69) is 0 Å². The van der Waals surface area contributed by atoms with Crippen LogP contribution >= 0.6 is 11.8 Å². The predicted molar refractivity (Wildman–Crippen MR) is 113 cm³/mol. The fraction of sp³-hybridized carbons (Fsp3) is 0.273. The number of ether oxygens (including phenoxy) is 2. The highest BCUT2D eigenvalue weighted by Crippen LogP contribution is 2.40. The van der Waals surface area contributed by atoms with Crippen molar-refractivity contribution in [2.24, 2.45) is 0 Å². The molecule has 5 nitrogen and oxygen atoms in total.